The lowest BCUT2D eigenvalue weighted by atomic mass is 10.1. The summed E-state index contributed by atoms with van der Waals surface area (Å²) in [5, 5.41) is 3.42. The van der Waals surface area contributed by atoms with Gasteiger partial charge in [-0.05, 0) is 39.2 Å². The normalized spacial score (nSPS) is 11.9. The Morgan fingerprint density at radius 1 is 1.33 bits per heavy atom. The van der Waals surface area contributed by atoms with E-state index >= 15 is 0 Å². The molecule has 3 nitrogen and oxygen atoms in total. The lowest BCUT2D eigenvalue weighted by molar-refractivity contribution is 0.288. The largest absolute Gasteiger partial charge is 0.493 e. The second-order valence-electron chi connectivity index (χ2n) is 6.12. The van der Waals surface area contributed by atoms with Crippen LogP contribution in [0.5, 0.6) is 5.75 Å². The van der Waals surface area contributed by atoms with Crippen LogP contribution >= 0.6 is 0 Å². The Bertz CT molecular complexity index is 356. The van der Waals surface area contributed by atoms with Crippen molar-refractivity contribution in [1.82, 2.24) is 10.3 Å². The van der Waals surface area contributed by atoms with Crippen LogP contribution in [0.1, 0.15) is 46.7 Å². The molecule has 3 heteroatoms. The molecule has 0 aliphatic rings. The predicted molar refractivity (Wildman–Crippen MR) is 75.8 cm³/mol. The molecule has 0 atom stereocenters. The molecule has 1 heterocycles. The number of nitrogens with one attached hydrogen (secondary N) is 1. The molecular formula is C15H26N2O. The van der Waals surface area contributed by atoms with Crippen LogP contribution in [0.4, 0.5) is 0 Å². The van der Waals surface area contributed by atoms with Gasteiger partial charge < -0.3 is 10.1 Å². The minimum atomic E-state index is 0.107. The first-order valence-corrected chi connectivity index (χ1v) is 6.69. The first kappa shape index (κ1) is 15.0. The van der Waals surface area contributed by atoms with E-state index in [2.05, 4.69) is 44.9 Å². The van der Waals surface area contributed by atoms with E-state index in [-0.39, 0.29) is 5.54 Å². The molecule has 0 radical (unpaired) electrons. The third-order valence-electron chi connectivity index (χ3n) is 2.55. The van der Waals surface area contributed by atoms with Gasteiger partial charge in [0.1, 0.15) is 5.75 Å². The number of hydrogen-bond donors (Lipinski definition) is 1. The van der Waals surface area contributed by atoms with E-state index < -0.39 is 0 Å². The summed E-state index contributed by atoms with van der Waals surface area (Å²) >= 11 is 0. The molecule has 0 aromatic carbocycles. The monoisotopic (exact) mass is 250 g/mol. The zero-order valence-electron chi connectivity index (χ0n) is 12.3. The third kappa shape index (κ3) is 6.60. The molecule has 0 bridgehead atoms. The second kappa shape index (κ2) is 6.74. The predicted octanol–water partition coefficient (Wildman–Crippen LogP) is 3.39. The van der Waals surface area contributed by atoms with E-state index in [0.29, 0.717) is 5.92 Å². The topological polar surface area (TPSA) is 34.1 Å². The number of nitrogens with zero attached hydrogens (tertiary/aromatic N) is 1. The highest BCUT2D eigenvalue weighted by Gasteiger charge is 2.09. The van der Waals surface area contributed by atoms with Gasteiger partial charge in [0.15, 0.2) is 0 Å². The summed E-state index contributed by atoms with van der Waals surface area (Å²) in [4.78, 5) is 4.34. The molecule has 1 rings (SSSR count). The fraction of sp³-hybridized carbons (Fsp3) is 0.667. The van der Waals surface area contributed by atoms with Gasteiger partial charge in [-0.15, -0.1) is 0 Å². The molecule has 0 fully saturated rings. The van der Waals surface area contributed by atoms with Crippen LogP contribution in [-0.2, 0) is 6.54 Å². The van der Waals surface area contributed by atoms with Crippen molar-refractivity contribution in [2.75, 3.05) is 6.61 Å². The zero-order valence-corrected chi connectivity index (χ0v) is 12.3. The maximum Gasteiger partial charge on any atom is 0.122 e. The average Bonchev–Trinajstić information content (AvgIpc) is 2.26. The number of hydrogen-bond acceptors (Lipinski definition) is 3. The summed E-state index contributed by atoms with van der Waals surface area (Å²) < 4.78 is 5.72. The van der Waals surface area contributed by atoms with E-state index in [1.165, 1.54) is 0 Å². The van der Waals surface area contributed by atoms with Gasteiger partial charge >= 0.3 is 0 Å². The summed E-state index contributed by atoms with van der Waals surface area (Å²) in [6, 6.07) is 3.93. The Morgan fingerprint density at radius 3 is 2.67 bits per heavy atom. The smallest absolute Gasteiger partial charge is 0.122 e. The van der Waals surface area contributed by atoms with Crippen molar-refractivity contribution in [2.24, 2.45) is 5.92 Å². The third-order valence-corrected chi connectivity index (χ3v) is 2.55. The SMILES string of the molecule is CC(C)CCOc1ccnc(CNC(C)(C)C)c1. The van der Waals surface area contributed by atoms with Crippen molar-refractivity contribution in [1.29, 1.82) is 0 Å². The molecule has 0 saturated heterocycles. The summed E-state index contributed by atoms with van der Waals surface area (Å²) in [5.74, 6) is 1.59. The second-order valence-corrected chi connectivity index (χ2v) is 6.12. The van der Waals surface area contributed by atoms with Gasteiger partial charge in [-0.25, -0.2) is 0 Å². The Balaban J connectivity index is 2.46. The number of ether oxygens (including phenoxy) is 1. The van der Waals surface area contributed by atoms with Crippen LogP contribution in [0.2, 0.25) is 0 Å². The quantitative estimate of drug-likeness (QED) is 0.840. The van der Waals surface area contributed by atoms with Gasteiger partial charge in [-0.3, -0.25) is 4.98 Å². The van der Waals surface area contributed by atoms with Crippen molar-refractivity contribution in [3.63, 3.8) is 0 Å². The zero-order chi connectivity index (χ0) is 13.6. The highest BCUT2D eigenvalue weighted by molar-refractivity contribution is 5.22. The molecule has 1 N–H and O–H groups in total. The number of aromatic nitrogens is 1. The molecule has 102 valence electrons. The molecule has 0 spiro atoms. The summed E-state index contributed by atoms with van der Waals surface area (Å²) in [5.41, 5.74) is 1.13. The van der Waals surface area contributed by atoms with Crippen LogP contribution in [0.3, 0.4) is 0 Å². The molecule has 1 aromatic heterocycles. The van der Waals surface area contributed by atoms with Crippen LogP contribution in [0.15, 0.2) is 18.3 Å². The fourth-order valence-electron chi connectivity index (χ4n) is 1.41. The first-order chi connectivity index (χ1) is 8.37. The highest BCUT2D eigenvalue weighted by atomic mass is 16.5. The van der Waals surface area contributed by atoms with Crippen LogP contribution in [0.25, 0.3) is 0 Å². The van der Waals surface area contributed by atoms with Gasteiger partial charge in [0, 0.05) is 24.3 Å². The van der Waals surface area contributed by atoms with Gasteiger partial charge in [0.2, 0.25) is 0 Å². The van der Waals surface area contributed by atoms with Crippen LogP contribution in [0, 0.1) is 5.92 Å². The van der Waals surface area contributed by atoms with Crippen molar-refractivity contribution in [3.05, 3.63) is 24.0 Å². The minimum absolute atomic E-state index is 0.107. The Hall–Kier alpha value is -1.09. The standard InChI is InChI=1S/C15H26N2O/c1-12(2)7-9-18-14-6-8-16-13(10-14)11-17-15(3,4)5/h6,8,10,12,17H,7,9,11H2,1-5H3. The molecule has 18 heavy (non-hydrogen) atoms. The lowest BCUT2D eigenvalue weighted by Gasteiger charge is -2.20. The fourth-order valence-corrected chi connectivity index (χ4v) is 1.41. The lowest BCUT2D eigenvalue weighted by Crippen LogP contribution is -2.35. The maximum absolute atomic E-state index is 5.72. The molecule has 0 amide bonds. The molecule has 0 unspecified atom stereocenters. The van der Waals surface area contributed by atoms with Crippen molar-refractivity contribution >= 4 is 0 Å². The van der Waals surface area contributed by atoms with Gasteiger partial charge in [-0.2, -0.15) is 0 Å². The number of rotatable bonds is 6. The van der Waals surface area contributed by atoms with Crippen molar-refractivity contribution in [2.45, 2.75) is 53.1 Å². The summed E-state index contributed by atoms with van der Waals surface area (Å²) in [6.45, 7) is 12.4. The van der Waals surface area contributed by atoms with E-state index in [1.54, 1.807) is 0 Å². The summed E-state index contributed by atoms with van der Waals surface area (Å²) in [7, 11) is 0. The highest BCUT2D eigenvalue weighted by Crippen LogP contribution is 2.13. The molecule has 0 saturated carbocycles. The van der Waals surface area contributed by atoms with Crippen LogP contribution < -0.4 is 10.1 Å². The Labute approximate surface area is 111 Å². The Morgan fingerprint density at radius 2 is 2.06 bits per heavy atom. The van der Waals surface area contributed by atoms with Gasteiger partial charge in [-0.1, -0.05) is 13.8 Å². The van der Waals surface area contributed by atoms with E-state index in [0.717, 1.165) is 31.0 Å². The van der Waals surface area contributed by atoms with Crippen molar-refractivity contribution in [3.8, 4) is 5.75 Å². The Kier molecular flexibility index (Phi) is 5.60. The van der Waals surface area contributed by atoms with E-state index in [4.69, 9.17) is 4.74 Å². The van der Waals surface area contributed by atoms with E-state index in [1.807, 2.05) is 18.3 Å². The molecule has 1 aromatic rings. The van der Waals surface area contributed by atoms with E-state index in [9.17, 15) is 0 Å². The van der Waals surface area contributed by atoms with Gasteiger partial charge in [0.05, 0.1) is 12.3 Å². The summed E-state index contributed by atoms with van der Waals surface area (Å²) in [6.07, 6.45) is 2.89. The maximum atomic E-state index is 5.72. The molecule has 0 aliphatic heterocycles. The molecular weight excluding hydrogens is 224 g/mol. The molecule has 0 aliphatic carbocycles. The number of pyridine rings is 1. The van der Waals surface area contributed by atoms with Crippen molar-refractivity contribution < 1.29 is 4.74 Å². The average molecular weight is 250 g/mol. The van der Waals surface area contributed by atoms with Crippen LogP contribution in [-0.4, -0.2) is 17.1 Å². The van der Waals surface area contributed by atoms with Gasteiger partial charge in [0.25, 0.3) is 0 Å². The first-order valence-electron chi connectivity index (χ1n) is 6.69. The minimum Gasteiger partial charge on any atom is -0.493 e.